The van der Waals surface area contributed by atoms with E-state index in [1.807, 2.05) is 55.5 Å². The van der Waals surface area contributed by atoms with Crippen LogP contribution >= 0.6 is 11.3 Å². The van der Waals surface area contributed by atoms with E-state index in [0.717, 1.165) is 33.0 Å². The minimum Gasteiger partial charge on any atom is -0.383 e. The first-order valence-electron chi connectivity index (χ1n) is 8.72. The summed E-state index contributed by atoms with van der Waals surface area (Å²) in [7, 11) is 0. The third-order valence-corrected chi connectivity index (χ3v) is 5.67. The number of rotatable bonds is 2. The van der Waals surface area contributed by atoms with Gasteiger partial charge in [0, 0.05) is 22.9 Å². The van der Waals surface area contributed by atoms with Crippen molar-refractivity contribution in [3.8, 4) is 10.6 Å². The quantitative estimate of drug-likeness (QED) is 0.566. The van der Waals surface area contributed by atoms with Gasteiger partial charge in [-0.25, -0.2) is 0 Å². The molecule has 28 heavy (non-hydrogen) atoms. The molecule has 4 aromatic rings. The topological polar surface area (TPSA) is 85.6 Å². The van der Waals surface area contributed by atoms with Gasteiger partial charge in [0.15, 0.2) is 0 Å². The number of fused-ring (bicyclic) bond motifs is 2. The van der Waals surface area contributed by atoms with Crippen molar-refractivity contribution in [3.05, 3.63) is 75.6 Å². The van der Waals surface area contributed by atoms with Gasteiger partial charge in [0.05, 0.1) is 11.3 Å². The van der Waals surface area contributed by atoms with Crippen LogP contribution in [0, 0.1) is 6.92 Å². The Hall–Kier alpha value is -3.58. The van der Waals surface area contributed by atoms with Crippen molar-refractivity contribution in [3.63, 3.8) is 0 Å². The zero-order chi connectivity index (χ0) is 19.3. The summed E-state index contributed by atoms with van der Waals surface area (Å²) < 4.78 is 1.54. The summed E-state index contributed by atoms with van der Waals surface area (Å²) in [5.41, 5.74) is 11.0. The summed E-state index contributed by atoms with van der Waals surface area (Å²) in [6, 6.07) is 15.7. The highest BCUT2D eigenvalue weighted by molar-refractivity contribution is 7.19. The van der Waals surface area contributed by atoms with E-state index >= 15 is 0 Å². The summed E-state index contributed by atoms with van der Waals surface area (Å²) >= 11 is 1.35. The van der Waals surface area contributed by atoms with Crippen LogP contribution in [0.4, 0.5) is 11.5 Å². The van der Waals surface area contributed by atoms with Crippen molar-refractivity contribution >= 4 is 45.7 Å². The van der Waals surface area contributed by atoms with Crippen LogP contribution in [0.15, 0.2) is 58.3 Å². The molecule has 2 aromatic carbocycles. The number of allylic oxidation sites excluding steroid dienone is 1. The maximum absolute atomic E-state index is 12.7. The smallest absolute Gasteiger partial charge is 0.283 e. The van der Waals surface area contributed by atoms with Gasteiger partial charge in [-0.3, -0.25) is 9.79 Å². The summed E-state index contributed by atoms with van der Waals surface area (Å²) in [6.07, 6.45) is 3.47. The fourth-order valence-electron chi connectivity index (χ4n) is 3.25. The molecule has 0 fully saturated rings. The highest BCUT2D eigenvalue weighted by Gasteiger charge is 2.17. The molecule has 2 N–H and O–H groups in total. The molecule has 5 rings (SSSR count). The Labute approximate surface area is 164 Å². The van der Waals surface area contributed by atoms with Gasteiger partial charge in [-0.05, 0) is 24.6 Å². The molecule has 0 radical (unpaired) electrons. The molecular formula is C21H15N5OS. The van der Waals surface area contributed by atoms with Gasteiger partial charge in [0.25, 0.3) is 5.56 Å². The van der Waals surface area contributed by atoms with Gasteiger partial charge in [-0.1, -0.05) is 53.8 Å². The van der Waals surface area contributed by atoms with E-state index in [4.69, 9.17) is 5.73 Å². The number of nitrogens with two attached hydrogens (primary N) is 1. The number of aryl methyl sites for hydroxylation is 1. The molecule has 0 spiro atoms. The first-order valence-corrected chi connectivity index (χ1v) is 9.54. The number of para-hydroxylation sites is 1. The number of hydrogen-bond acceptors (Lipinski definition) is 6. The second kappa shape index (κ2) is 6.24. The molecule has 136 valence electrons. The molecule has 0 saturated carbocycles. The molecular weight excluding hydrogens is 370 g/mol. The van der Waals surface area contributed by atoms with Crippen molar-refractivity contribution in [1.82, 2.24) is 14.6 Å². The Morgan fingerprint density at radius 2 is 1.82 bits per heavy atom. The van der Waals surface area contributed by atoms with Crippen molar-refractivity contribution in [1.29, 1.82) is 0 Å². The molecule has 0 amide bonds. The normalized spacial score (nSPS) is 14.1. The lowest BCUT2D eigenvalue weighted by Gasteiger charge is -2.03. The van der Waals surface area contributed by atoms with Crippen LogP contribution in [-0.2, 0) is 0 Å². The predicted octanol–water partition coefficient (Wildman–Crippen LogP) is 3.97. The first kappa shape index (κ1) is 16.6. The van der Waals surface area contributed by atoms with Crippen LogP contribution in [0.1, 0.15) is 16.7 Å². The third kappa shape index (κ3) is 2.56. The Kier molecular flexibility index (Phi) is 3.70. The zero-order valence-electron chi connectivity index (χ0n) is 15.0. The Morgan fingerprint density at radius 1 is 1.07 bits per heavy atom. The Bertz CT molecular complexity index is 1360. The molecule has 2 aromatic heterocycles. The maximum Gasteiger partial charge on any atom is 0.283 e. The van der Waals surface area contributed by atoms with E-state index in [2.05, 4.69) is 15.1 Å². The third-order valence-electron chi connectivity index (χ3n) is 4.72. The minimum atomic E-state index is -0.372. The van der Waals surface area contributed by atoms with Crippen molar-refractivity contribution < 1.29 is 0 Å². The van der Waals surface area contributed by atoms with E-state index in [0.29, 0.717) is 10.5 Å². The number of anilines is 1. The highest BCUT2D eigenvalue weighted by atomic mass is 32.1. The molecule has 6 nitrogen and oxygen atoms in total. The zero-order valence-corrected chi connectivity index (χ0v) is 15.8. The van der Waals surface area contributed by atoms with Gasteiger partial charge >= 0.3 is 0 Å². The van der Waals surface area contributed by atoms with Crippen LogP contribution < -0.4 is 11.3 Å². The highest BCUT2D eigenvalue weighted by Crippen LogP contribution is 2.33. The second-order valence-electron chi connectivity index (χ2n) is 6.51. The first-order chi connectivity index (χ1) is 13.6. The average Bonchev–Trinajstić information content (AvgIpc) is 3.30. The van der Waals surface area contributed by atoms with E-state index in [1.165, 1.54) is 15.9 Å². The van der Waals surface area contributed by atoms with Crippen LogP contribution in [-0.4, -0.2) is 20.8 Å². The number of benzene rings is 2. The number of aliphatic imine (C=N–C) groups is 1. The van der Waals surface area contributed by atoms with Crippen LogP contribution in [0.3, 0.4) is 0 Å². The van der Waals surface area contributed by atoms with Gasteiger partial charge in [0.1, 0.15) is 10.8 Å². The summed E-state index contributed by atoms with van der Waals surface area (Å²) in [6.45, 7) is 2.02. The number of aromatic nitrogens is 3. The predicted molar refractivity (Wildman–Crippen MR) is 114 cm³/mol. The molecule has 0 saturated heterocycles. The average molecular weight is 385 g/mol. The largest absolute Gasteiger partial charge is 0.383 e. The molecule has 7 heteroatoms. The molecule has 1 aliphatic rings. The van der Waals surface area contributed by atoms with Crippen molar-refractivity contribution in [2.75, 3.05) is 5.73 Å². The minimum absolute atomic E-state index is 0.274. The Balaban J connectivity index is 1.68. The van der Waals surface area contributed by atoms with Crippen molar-refractivity contribution in [2.45, 2.75) is 6.92 Å². The van der Waals surface area contributed by atoms with Crippen LogP contribution in [0.5, 0.6) is 0 Å². The molecule has 0 bridgehead atoms. The summed E-state index contributed by atoms with van der Waals surface area (Å²) in [5.74, 6) is 0.274. The van der Waals surface area contributed by atoms with Gasteiger partial charge in [-0.2, -0.15) is 14.6 Å². The standard InChI is InChI=1S/C21H15N5OS/c1-12-6-2-3-7-14(12)20-25-26-18(22)16(19(27)24-21(26)28-20)10-13-11-23-17-9-5-4-8-15(13)17/h2-11H,22H2,1H3/b13-10+. The Morgan fingerprint density at radius 3 is 2.64 bits per heavy atom. The van der Waals surface area contributed by atoms with Gasteiger partial charge in [0.2, 0.25) is 4.96 Å². The number of hydrogen-bond donors (Lipinski definition) is 1. The van der Waals surface area contributed by atoms with Gasteiger partial charge < -0.3 is 5.73 Å². The number of nitrogen functional groups attached to an aromatic ring is 1. The van der Waals surface area contributed by atoms with E-state index < -0.39 is 0 Å². The van der Waals surface area contributed by atoms with Crippen molar-refractivity contribution in [2.24, 2.45) is 4.99 Å². The molecule has 3 heterocycles. The van der Waals surface area contributed by atoms with Crippen LogP contribution in [0.25, 0.3) is 27.2 Å². The molecule has 0 atom stereocenters. The molecule has 0 aliphatic carbocycles. The van der Waals surface area contributed by atoms with E-state index in [1.54, 1.807) is 12.3 Å². The number of nitrogens with zero attached hydrogens (tertiary/aromatic N) is 4. The summed E-state index contributed by atoms with van der Waals surface area (Å²) in [5, 5.41) is 5.38. The second-order valence-corrected chi connectivity index (χ2v) is 7.46. The molecule has 1 aliphatic heterocycles. The van der Waals surface area contributed by atoms with Crippen LogP contribution in [0.2, 0.25) is 0 Å². The van der Waals surface area contributed by atoms with Gasteiger partial charge in [-0.15, -0.1) is 0 Å². The maximum atomic E-state index is 12.7. The molecule has 0 unspecified atom stereocenters. The van der Waals surface area contributed by atoms with E-state index in [9.17, 15) is 4.79 Å². The SMILES string of the molecule is Cc1ccccc1-c1nn2c(N)c(/C=C3\C=Nc4ccccc43)c(=O)nc2s1. The lowest BCUT2D eigenvalue weighted by molar-refractivity contribution is 0.944. The fourth-order valence-corrected chi connectivity index (χ4v) is 4.24. The van der Waals surface area contributed by atoms with E-state index in [-0.39, 0.29) is 11.4 Å². The lowest BCUT2D eigenvalue weighted by Crippen LogP contribution is -2.16. The summed E-state index contributed by atoms with van der Waals surface area (Å²) in [4.78, 5) is 21.7. The monoisotopic (exact) mass is 385 g/mol. The fraction of sp³-hybridized carbons (Fsp3) is 0.0476. The lowest BCUT2D eigenvalue weighted by atomic mass is 10.1.